The third-order valence-corrected chi connectivity index (χ3v) is 4.14. The maximum absolute atomic E-state index is 11.8. The maximum atomic E-state index is 11.8. The summed E-state index contributed by atoms with van der Waals surface area (Å²) < 4.78 is 4.83. The molecule has 0 aliphatic carbocycles. The van der Waals surface area contributed by atoms with Crippen LogP contribution in [0.15, 0.2) is 18.2 Å². The molecule has 1 aromatic rings. The first-order valence-electron chi connectivity index (χ1n) is 7.18. The van der Waals surface area contributed by atoms with E-state index in [0.29, 0.717) is 55.5 Å². The van der Waals surface area contributed by atoms with Crippen molar-refractivity contribution >= 4 is 35.2 Å². The third-order valence-electron chi connectivity index (χ3n) is 3.40. The lowest BCUT2D eigenvalue weighted by Crippen LogP contribution is -2.30. The SMILES string of the molecule is O=C(CCc1ccc(Cl)c(Cl)c1)NCCCN1CCOC1=O. The van der Waals surface area contributed by atoms with Crippen LogP contribution < -0.4 is 5.32 Å². The zero-order valence-electron chi connectivity index (χ0n) is 12.1. The lowest BCUT2D eigenvalue weighted by molar-refractivity contribution is -0.121. The first-order valence-corrected chi connectivity index (χ1v) is 7.94. The van der Waals surface area contributed by atoms with E-state index in [-0.39, 0.29) is 12.0 Å². The second-order valence-electron chi connectivity index (χ2n) is 5.05. The molecule has 0 saturated carbocycles. The Hall–Kier alpha value is -1.46. The zero-order chi connectivity index (χ0) is 15.9. The molecule has 1 saturated heterocycles. The minimum absolute atomic E-state index is 0.0185. The van der Waals surface area contributed by atoms with E-state index in [4.69, 9.17) is 27.9 Å². The molecule has 1 aromatic carbocycles. The molecule has 120 valence electrons. The van der Waals surface area contributed by atoms with Crippen LogP contribution >= 0.6 is 23.2 Å². The highest BCUT2D eigenvalue weighted by Gasteiger charge is 2.20. The number of carbonyl (C=O) groups is 2. The van der Waals surface area contributed by atoms with E-state index < -0.39 is 0 Å². The van der Waals surface area contributed by atoms with Crippen LogP contribution in [0.2, 0.25) is 10.0 Å². The maximum Gasteiger partial charge on any atom is 0.409 e. The van der Waals surface area contributed by atoms with Gasteiger partial charge in [0.1, 0.15) is 6.61 Å². The Labute approximate surface area is 139 Å². The number of cyclic esters (lactones) is 1. The van der Waals surface area contributed by atoms with Crippen LogP contribution in [-0.2, 0) is 16.0 Å². The van der Waals surface area contributed by atoms with Gasteiger partial charge in [0.2, 0.25) is 5.91 Å². The van der Waals surface area contributed by atoms with Crippen LogP contribution in [0.1, 0.15) is 18.4 Å². The molecule has 7 heteroatoms. The summed E-state index contributed by atoms with van der Waals surface area (Å²) in [6.07, 6.45) is 1.45. The molecule has 2 amide bonds. The van der Waals surface area contributed by atoms with Crippen LogP contribution in [0.4, 0.5) is 4.79 Å². The van der Waals surface area contributed by atoms with Crippen molar-refractivity contribution in [1.82, 2.24) is 10.2 Å². The van der Waals surface area contributed by atoms with Crippen molar-refractivity contribution in [2.24, 2.45) is 0 Å². The molecule has 22 heavy (non-hydrogen) atoms. The van der Waals surface area contributed by atoms with Crippen LogP contribution in [0.5, 0.6) is 0 Å². The van der Waals surface area contributed by atoms with Gasteiger partial charge in [0.05, 0.1) is 16.6 Å². The first kappa shape index (κ1) is 16.9. The van der Waals surface area contributed by atoms with Gasteiger partial charge in [-0.15, -0.1) is 0 Å². The van der Waals surface area contributed by atoms with Crippen molar-refractivity contribution in [1.29, 1.82) is 0 Å². The fourth-order valence-corrected chi connectivity index (χ4v) is 2.49. The van der Waals surface area contributed by atoms with Crippen molar-refractivity contribution in [3.05, 3.63) is 33.8 Å². The Balaban J connectivity index is 1.61. The number of nitrogens with zero attached hydrogens (tertiary/aromatic N) is 1. The van der Waals surface area contributed by atoms with E-state index in [1.165, 1.54) is 0 Å². The molecule has 1 heterocycles. The molecule has 0 radical (unpaired) electrons. The normalized spacial score (nSPS) is 14.1. The van der Waals surface area contributed by atoms with Gasteiger partial charge in [0, 0.05) is 19.5 Å². The Morgan fingerprint density at radius 1 is 1.32 bits per heavy atom. The lowest BCUT2D eigenvalue weighted by atomic mass is 10.1. The summed E-state index contributed by atoms with van der Waals surface area (Å²) in [5.41, 5.74) is 0.976. The second kappa shape index (κ2) is 8.25. The lowest BCUT2D eigenvalue weighted by Gasteiger charge is -2.12. The Bertz CT molecular complexity index is 552. The highest BCUT2D eigenvalue weighted by molar-refractivity contribution is 6.42. The predicted molar refractivity (Wildman–Crippen MR) is 85.3 cm³/mol. The molecular weight excluding hydrogens is 327 g/mol. The molecule has 0 unspecified atom stereocenters. The number of rotatable bonds is 7. The van der Waals surface area contributed by atoms with E-state index in [0.717, 1.165) is 5.56 Å². The molecule has 1 aliphatic heterocycles. The van der Waals surface area contributed by atoms with Crippen LogP contribution in [-0.4, -0.2) is 43.1 Å². The number of hydrogen-bond acceptors (Lipinski definition) is 3. The van der Waals surface area contributed by atoms with E-state index in [1.54, 1.807) is 17.0 Å². The topological polar surface area (TPSA) is 58.6 Å². The number of ether oxygens (including phenoxy) is 1. The third kappa shape index (κ3) is 5.07. The number of carbonyl (C=O) groups excluding carboxylic acids is 2. The Kier molecular flexibility index (Phi) is 6.34. The summed E-state index contributed by atoms with van der Waals surface area (Å²) in [5, 5.41) is 3.85. The highest BCUT2D eigenvalue weighted by Crippen LogP contribution is 2.23. The minimum atomic E-state index is -0.272. The van der Waals surface area contributed by atoms with Gasteiger partial charge in [0.25, 0.3) is 0 Å². The molecule has 1 aliphatic rings. The number of amides is 2. The van der Waals surface area contributed by atoms with Gasteiger partial charge in [0.15, 0.2) is 0 Å². The summed E-state index contributed by atoms with van der Waals surface area (Å²) in [6.45, 7) is 2.23. The number of hydrogen-bond donors (Lipinski definition) is 1. The van der Waals surface area contributed by atoms with Gasteiger partial charge >= 0.3 is 6.09 Å². The molecule has 0 bridgehead atoms. The van der Waals surface area contributed by atoms with Gasteiger partial charge in [-0.2, -0.15) is 0 Å². The Morgan fingerprint density at radius 2 is 2.14 bits per heavy atom. The molecule has 0 aromatic heterocycles. The van der Waals surface area contributed by atoms with Crippen LogP contribution in [0.25, 0.3) is 0 Å². The van der Waals surface area contributed by atoms with Crippen LogP contribution in [0, 0.1) is 0 Å². The molecule has 0 spiro atoms. The molecule has 1 fully saturated rings. The quantitative estimate of drug-likeness (QED) is 0.773. The van der Waals surface area contributed by atoms with Crippen molar-refractivity contribution < 1.29 is 14.3 Å². The summed E-state index contributed by atoms with van der Waals surface area (Å²) in [5.74, 6) is -0.0185. The van der Waals surface area contributed by atoms with Crippen molar-refractivity contribution in [2.45, 2.75) is 19.3 Å². The summed E-state index contributed by atoms with van der Waals surface area (Å²) >= 11 is 11.8. The number of aryl methyl sites for hydroxylation is 1. The summed E-state index contributed by atoms with van der Waals surface area (Å²) in [4.78, 5) is 24.6. The van der Waals surface area contributed by atoms with E-state index in [1.807, 2.05) is 6.07 Å². The fraction of sp³-hybridized carbons (Fsp3) is 0.467. The van der Waals surface area contributed by atoms with Crippen molar-refractivity contribution in [3.8, 4) is 0 Å². The summed E-state index contributed by atoms with van der Waals surface area (Å²) in [7, 11) is 0. The number of halogens is 2. The van der Waals surface area contributed by atoms with E-state index in [2.05, 4.69) is 5.32 Å². The summed E-state index contributed by atoms with van der Waals surface area (Å²) in [6, 6.07) is 5.36. The Morgan fingerprint density at radius 3 is 2.82 bits per heavy atom. The van der Waals surface area contributed by atoms with Gasteiger partial charge < -0.3 is 15.0 Å². The molecule has 0 atom stereocenters. The average Bonchev–Trinajstić information content (AvgIpc) is 2.90. The number of benzene rings is 1. The van der Waals surface area contributed by atoms with Gasteiger partial charge in [-0.25, -0.2) is 4.79 Å². The van der Waals surface area contributed by atoms with Gasteiger partial charge in [-0.05, 0) is 30.5 Å². The van der Waals surface area contributed by atoms with E-state index in [9.17, 15) is 9.59 Å². The minimum Gasteiger partial charge on any atom is -0.448 e. The molecular formula is C15H18Cl2N2O3. The van der Waals surface area contributed by atoms with E-state index >= 15 is 0 Å². The smallest absolute Gasteiger partial charge is 0.409 e. The van der Waals surface area contributed by atoms with Gasteiger partial charge in [-0.1, -0.05) is 29.3 Å². The monoisotopic (exact) mass is 344 g/mol. The number of nitrogens with one attached hydrogen (secondary N) is 1. The predicted octanol–water partition coefficient (Wildman–Crippen LogP) is 2.88. The first-order chi connectivity index (χ1) is 10.6. The standard InChI is InChI=1S/C15H18Cl2N2O3/c16-12-4-2-11(10-13(12)17)3-5-14(20)18-6-1-7-19-8-9-22-15(19)21/h2,4,10H,1,3,5-9H2,(H,18,20). The zero-order valence-corrected chi connectivity index (χ0v) is 13.6. The van der Waals surface area contributed by atoms with Crippen molar-refractivity contribution in [3.63, 3.8) is 0 Å². The molecule has 2 rings (SSSR count). The average molecular weight is 345 g/mol. The fourth-order valence-electron chi connectivity index (χ4n) is 2.17. The van der Waals surface area contributed by atoms with Crippen LogP contribution in [0.3, 0.4) is 0 Å². The molecule has 1 N–H and O–H groups in total. The second-order valence-corrected chi connectivity index (χ2v) is 5.87. The van der Waals surface area contributed by atoms with Crippen molar-refractivity contribution in [2.75, 3.05) is 26.2 Å². The largest absolute Gasteiger partial charge is 0.448 e. The highest BCUT2D eigenvalue weighted by atomic mass is 35.5. The molecule has 5 nitrogen and oxygen atoms in total. The van der Waals surface area contributed by atoms with Gasteiger partial charge in [-0.3, -0.25) is 4.79 Å².